The van der Waals surface area contributed by atoms with Crippen LogP contribution in [-0.2, 0) is 9.53 Å². The van der Waals surface area contributed by atoms with Crippen molar-refractivity contribution in [1.29, 1.82) is 0 Å². The van der Waals surface area contributed by atoms with E-state index in [0.29, 0.717) is 5.69 Å². The summed E-state index contributed by atoms with van der Waals surface area (Å²) in [5.41, 5.74) is -1.38. The number of benzene rings is 1. The van der Waals surface area contributed by atoms with Gasteiger partial charge in [0.2, 0.25) is 0 Å². The van der Waals surface area contributed by atoms with Crippen molar-refractivity contribution in [2.24, 2.45) is 0 Å². The summed E-state index contributed by atoms with van der Waals surface area (Å²) in [5, 5.41) is 17.7. The summed E-state index contributed by atoms with van der Waals surface area (Å²) in [6, 6.07) is 4.01. The Labute approximate surface area is 162 Å². The van der Waals surface area contributed by atoms with Crippen LogP contribution in [-0.4, -0.2) is 47.3 Å². The summed E-state index contributed by atoms with van der Waals surface area (Å²) >= 11 is 6.12. The van der Waals surface area contributed by atoms with Gasteiger partial charge in [0.05, 0.1) is 10.6 Å². The predicted octanol–water partition coefficient (Wildman–Crippen LogP) is 2.62. The van der Waals surface area contributed by atoms with E-state index in [1.807, 2.05) is 20.8 Å². The summed E-state index contributed by atoms with van der Waals surface area (Å²) in [7, 11) is 0. The summed E-state index contributed by atoms with van der Waals surface area (Å²) in [5.74, 6) is -1.74. The largest absolute Gasteiger partial charge is 0.480 e. The third-order valence-corrected chi connectivity index (χ3v) is 4.40. The van der Waals surface area contributed by atoms with Gasteiger partial charge >= 0.3 is 12.0 Å². The smallest absolute Gasteiger partial charge is 0.329 e. The second-order valence-corrected chi connectivity index (χ2v) is 7.88. The number of carboxylic acids is 1. The van der Waals surface area contributed by atoms with Gasteiger partial charge in [0.25, 0.3) is 5.91 Å². The Bertz CT molecular complexity index is 739. The van der Waals surface area contributed by atoms with E-state index in [2.05, 4.69) is 16.0 Å². The highest BCUT2D eigenvalue weighted by Gasteiger charge is 2.42. The van der Waals surface area contributed by atoms with Gasteiger partial charge in [-0.3, -0.25) is 4.79 Å². The molecule has 1 heterocycles. The van der Waals surface area contributed by atoms with Crippen molar-refractivity contribution < 1.29 is 24.2 Å². The van der Waals surface area contributed by atoms with E-state index >= 15 is 0 Å². The number of aliphatic carboxylic acids is 1. The maximum absolute atomic E-state index is 12.7. The minimum Gasteiger partial charge on any atom is -0.480 e. The maximum atomic E-state index is 12.7. The van der Waals surface area contributed by atoms with Crippen molar-refractivity contribution >= 4 is 35.2 Å². The normalized spacial score (nSPS) is 16.3. The van der Waals surface area contributed by atoms with Gasteiger partial charge in [0, 0.05) is 37.3 Å². The molecule has 8 nitrogen and oxygen atoms in total. The Morgan fingerprint density at radius 1 is 1.19 bits per heavy atom. The van der Waals surface area contributed by atoms with Crippen LogP contribution >= 0.6 is 11.6 Å². The molecular formula is C18H24ClN3O5. The molecule has 0 atom stereocenters. The van der Waals surface area contributed by atoms with E-state index in [1.165, 1.54) is 12.1 Å². The molecule has 1 saturated heterocycles. The Morgan fingerprint density at radius 2 is 1.81 bits per heavy atom. The standard InChI is InChI=1S/C18H24ClN3O5/c1-17(2,3)22-16(26)20-11-4-5-13(19)12(10-11)14(23)21-18(15(24)25)6-8-27-9-7-18/h4-5,10H,6-9H2,1-3H3,(H,21,23)(H,24,25)(H2,20,22,26). The fraction of sp³-hybridized carbons (Fsp3) is 0.500. The average molecular weight is 398 g/mol. The van der Waals surface area contributed by atoms with Crippen LogP contribution in [0.5, 0.6) is 0 Å². The van der Waals surface area contributed by atoms with Gasteiger partial charge in [0.15, 0.2) is 0 Å². The summed E-state index contributed by atoms with van der Waals surface area (Å²) in [4.78, 5) is 36.4. The molecule has 2 rings (SSSR count). The van der Waals surface area contributed by atoms with Crippen LogP contribution in [0.2, 0.25) is 5.02 Å². The second kappa shape index (κ2) is 8.14. The number of nitrogens with one attached hydrogen (secondary N) is 3. The number of anilines is 1. The van der Waals surface area contributed by atoms with E-state index in [0.717, 1.165) is 0 Å². The fourth-order valence-corrected chi connectivity index (χ4v) is 2.88. The molecule has 0 bridgehead atoms. The average Bonchev–Trinajstić information content (AvgIpc) is 2.55. The van der Waals surface area contributed by atoms with Crippen LogP contribution in [0.3, 0.4) is 0 Å². The van der Waals surface area contributed by atoms with Gasteiger partial charge in [-0.1, -0.05) is 11.6 Å². The van der Waals surface area contributed by atoms with Crippen molar-refractivity contribution in [3.05, 3.63) is 28.8 Å². The quantitative estimate of drug-likeness (QED) is 0.623. The number of carbonyl (C=O) groups is 3. The van der Waals surface area contributed by atoms with Gasteiger partial charge < -0.3 is 25.8 Å². The molecule has 0 aromatic heterocycles. The lowest BCUT2D eigenvalue weighted by molar-refractivity contribution is -0.148. The lowest BCUT2D eigenvalue weighted by Crippen LogP contribution is -2.57. The van der Waals surface area contributed by atoms with Crippen LogP contribution in [0.15, 0.2) is 18.2 Å². The van der Waals surface area contributed by atoms with Crippen LogP contribution in [0.4, 0.5) is 10.5 Å². The van der Waals surface area contributed by atoms with Crippen molar-refractivity contribution in [3.63, 3.8) is 0 Å². The number of hydrogen-bond donors (Lipinski definition) is 4. The molecule has 9 heteroatoms. The molecule has 1 aromatic rings. The number of amides is 3. The molecular weight excluding hydrogens is 374 g/mol. The molecule has 4 N–H and O–H groups in total. The molecule has 0 unspecified atom stereocenters. The third-order valence-electron chi connectivity index (χ3n) is 4.07. The molecule has 1 aliphatic rings. The number of halogens is 1. The second-order valence-electron chi connectivity index (χ2n) is 7.48. The van der Waals surface area contributed by atoms with Crippen molar-refractivity contribution in [1.82, 2.24) is 10.6 Å². The van der Waals surface area contributed by atoms with Gasteiger partial charge in [-0.15, -0.1) is 0 Å². The third kappa shape index (κ3) is 5.58. The van der Waals surface area contributed by atoms with E-state index in [-0.39, 0.29) is 36.6 Å². The molecule has 1 aromatic carbocycles. The van der Waals surface area contributed by atoms with Gasteiger partial charge in [0.1, 0.15) is 5.54 Å². The van der Waals surface area contributed by atoms with Crippen molar-refractivity contribution in [2.45, 2.75) is 44.7 Å². The maximum Gasteiger partial charge on any atom is 0.329 e. The minimum atomic E-state index is -1.40. The SMILES string of the molecule is CC(C)(C)NC(=O)Nc1ccc(Cl)c(C(=O)NC2(C(=O)O)CCOCC2)c1. The first kappa shape index (κ1) is 21.0. The molecule has 0 saturated carbocycles. The molecule has 3 amide bonds. The monoisotopic (exact) mass is 397 g/mol. The van der Waals surface area contributed by atoms with E-state index in [1.54, 1.807) is 6.07 Å². The van der Waals surface area contributed by atoms with Crippen LogP contribution in [0.1, 0.15) is 44.0 Å². The molecule has 0 spiro atoms. The lowest BCUT2D eigenvalue weighted by Gasteiger charge is -2.34. The molecule has 27 heavy (non-hydrogen) atoms. The number of carboxylic acid groups (broad SMARTS) is 1. The number of rotatable bonds is 4. The first-order valence-corrected chi connectivity index (χ1v) is 8.93. The van der Waals surface area contributed by atoms with Crippen LogP contribution in [0, 0.1) is 0 Å². The van der Waals surface area contributed by atoms with E-state index in [9.17, 15) is 19.5 Å². The number of urea groups is 1. The van der Waals surface area contributed by atoms with Crippen LogP contribution < -0.4 is 16.0 Å². The van der Waals surface area contributed by atoms with Gasteiger partial charge in [-0.05, 0) is 39.0 Å². The minimum absolute atomic E-state index is 0.0809. The number of ether oxygens (including phenoxy) is 1. The molecule has 0 aliphatic carbocycles. The highest BCUT2D eigenvalue weighted by Crippen LogP contribution is 2.25. The number of hydrogen-bond acceptors (Lipinski definition) is 4. The number of carbonyl (C=O) groups excluding carboxylic acids is 2. The van der Waals surface area contributed by atoms with Gasteiger partial charge in [-0.2, -0.15) is 0 Å². The van der Waals surface area contributed by atoms with Crippen molar-refractivity contribution in [3.8, 4) is 0 Å². The Hall–Kier alpha value is -2.32. The fourth-order valence-electron chi connectivity index (χ4n) is 2.68. The summed E-state index contributed by atoms with van der Waals surface area (Å²) < 4.78 is 5.19. The predicted molar refractivity (Wildman–Crippen MR) is 101 cm³/mol. The zero-order valence-electron chi connectivity index (χ0n) is 15.5. The zero-order valence-corrected chi connectivity index (χ0v) is 16.3. The Kier molecular flexibility index (Phi) is 6.33. The first-order chi connectivity index (χ1) is 12.5. The zero-order chi connectivity index (χ0) is 20.2. The van der Waals surface area contributed by atoms with Crippen LogP contribution in [0.25, 0.3) is 0 Å². The highest BCUT2D eigenvalue weighted by atomic mass is 35.5. The molecule has 1 fully saturated rings. The van der Waals surface area contributed by atoms with E-state index in [4.69, 9.17) is 16.3 Å². The molecule has 0 radical (unpaired) electrons. The van der Waals surface area contributed by atoms with Gasteiger partial charge in [-0.25, -0.2) is 9.59 Å². The Balaban J connectivity index is 2.18. The van der Waals surface area contributed by atoms with Crippen molar-refractivity contribution in [2.75, 3.05) is 18.5 Å². The molecule has 148 valence electrons. The molecule has 1 aliphatic heterocycles. The first-order valence-electron chi connectivity index (χ1n) is 8.55. The Morgan fingerprint density at radius 3 is 2.37 bits per heavy atom. The topological polar surface area (TPSA) is 117 Å². The summed E-state index contributed by atoms with van der Waals surface area (Å²) in [6.07, 6.45) is 0.329. The van der Waals surface area contributed by atoms with E-state index < -0.39 is 29.0 Å². The summed E-state index contributed by atoms with van der Waals surface area (Å²) in [6.45, 7) is 6.01. The highest BCUT2D eigenvalue weighted by molar-refractivity contribution is 6.34. The lowest BCUT2D eigenvalue weighted by atomic mass is 9.89.